The van der Waals surface area contributed by atoms with Crippen molar-refractivity contribution < 1.29 is 0 Å². The Balaban J connectivity index is 2.21. The number of halogens is 1. The highest BCUT2D eigenvalue weighted by molar-refractivity contribution is 6.30. The maximum Gasteiger partial charge on any atom is 0.0499 e. The van der Waals surface area contributed by atoms with Crippen LogP contribution >= 0.6 is 11.6 Å². The predicted molar refractivity (Wildman–Crippen MR) is 77.8 cm³/mol. The predicted octanol–water partition coefficient (Wildman–Crippen LogP) is 3.46. The van der Waals surface area contributed by atoms with Gasteiger partial charge < -0.3 is 5.73 Å². The molecule has 0 radical (unpaired) electrons. The topological polar surface area (TPSA) is 29.3 Å². The molecule has 0 bridgehead atoms. The Morgan fingerprint density at radius 1 is 1.33 bits per heavy atom. The van der Waals surface area contributed by atoms with E-state index in [1.807, 2.05) is 12.1 Å². The van der Waals surface area contributed by atoms with E-state index in [1.54, 1.807) is 0 Å². The Labute approximate surface area is 115 Å². The molecule has 1 saturated heterocycles. The lowest BCUT2D eigenvalue weighted by atomic mass is 9.90. The van der Waals surface area contributed by atoms with Gasteiger partial charge in [0, 0.05) is 23.7 Å². The minimum Gasteiger partial charge on any atom is -0.326 e. The Morgan fingerprint density at radius 2 is 2.00 bits per heavy atom. The van der Waals surface area contributed by atoms with E-state index >= 15 is 0 Å². The Bertz CT molecular complexity index is 375. The van der Waals surface area contributed by atoms with Crippen LogP contribution in [0.5, 0.6) is 0 Å². The molecule has 1 heterocycles. The number of benzene rings is 1. The van der Waals surface area contributed by atoms with Crippen LogP contribution in [0.3, 0.4) is 0 Å². The van der Waals surface area contributed by atoms with Crippen molar-refractivity contribution in [3.05, 3.63) is 34.9 Å². The molecule has 2 nitrogen and oxygen atoms in total. The first-order chi connectivity index (χ1) is 8.58. The van der Waals surface area contributed by atoms with Gasteiger partial charge in [0.1, 0.15) is 0 Å². The van der Waals surface area contributed by atoms with E-state index in [4.69, 9.17) is 17.3 Å². The first-order valence-electron chi connectivity index (χ1n) is 6.83. The first-order valence-corrected chi connectivity index (χ1v) is 7.21. The van der Waals surface area contributed by atoms with Gasteiger partial charge in [-0.3, -0.25) is 4.90 Å². The van der Waals surface area contributed by atoms with Crippen molar-refractivity contribution in [3.8, 4) is 0 Å². The van der Waals surface area contributed by atoms with E-state index in [0.29, 0.717) is 12.0 Å². The molecule has 1 aromatic carbocycles. The summed E-state index contributed by atoms with van der Waals surface area (Å²) in [6.07, 6.45) is 2.32. The third kappa shape index (κ3) is 3.25. The van der Waals surface area contributed by atoms with E-state index in [9.17, 15) is 0 Å². The van der Waals surface area contributed by atoms with Gasteiger partial charge in [0.05, 0.1) is 0 Å². The highest BCUT2D eigenvalue weighted by Gasteiger charge is 2.30. The monoisotopic (exact) mass is 266 g/mol. The molecule has 1 aliphatic rings. The quantitative estimate of drug-likeness (QED) is 0.908. The van der Waals surface area contributed by atoms with Crippen molar-refractivity contribution in [2.24, 2.45) is 11.7 Å². The number of piperidine rings is 1. The van der Waals surface area contributed by atoms with E-state index in [1.165, 1.54) is 12.0 Å². The molecule has 0 amide bonds. The van der Waals surface area contributed by atoms with Crippen LogP contribution in [0, 0.1) is 5.92 Å². The van der Waals surface area contributed by atoms with Crippen LogP contribution in [-0.4, -0.2) is 24.0 Å². The largest absolute Gasteiger partial charge is 0.326 e. The van der Waals surface area contributed by atoms with Crippen molar-refractivity contribution in [1.29, 1.82) is 0 Å². The summed E-state index contributed by atoms with van der Waals surface area (Å²) in [4.78, 5) is 2.53. The molecule has 1 aliphatic heterocycles. The summed E-state index contributed by atoms with van der Waals surface area (Å²) in [5.74, 6) is 0.671. The van der Waals surface area contributed by atoms with E-state index in [2.05, 4.69) is 30.9 Å². The minimum absolute atomic E-state index is 0.235. The standard InChI is InChI=1S/C15H23ClN2/c1-11(2)10-18-9-3-4-14(17)15(18)12-5-7-13(16)8-6-12/h5-8,11,14-15H,3-4,9-10,17H2,1-2H3. The molecule has 2 rings (SSSR count). The smallest absolute Gasteiger partial charge is 0.0499 e. The molecule has 2 N–H and O–H groups in total. The number of hydrogen-bond acceptors (Lipinski definition) is 2. The Kier molecular flexibility index (Phi) is 4.66. The number of nitrogens with zero attached hydrogens (tertiary/aromatic N) is 1. The van der Waals surface area contributed by atoms with Crippen LogP contribution in [0.4, 0.5) is 0 Å². The van der Waals surface area contributed by atoms with Crippen LogP contribution in [0.25, 0.3) is 0 Å². The fourth-order valence-corrected chi connectivity index (χ4v) is 3.02. The number of nitrogens with two attached hydrogens (primary N) is 1. The average molecular weight is 267 g/mol. The lowest BCUT2D eigenvalue weighted by Crippen LogP contribution is -2.47. The normalized spacial score (nSPS) is 25.6. The number of likely N-dealkylation sites (tertiary alicyclic amines) is 1. The van der Waals surface area contributed by atoms with E-state index in [0.717, 1.165) is 24.5 Å². The summed E-state index contributed by atoms with van der Waals surface area (Å²) < 4.78 is 0. The van der Waals surface area contributed by atoms with Gasteiger partial charge in [0.15, 0.2) is 0 Å². The summed E-state index contributed by atoms with van der Waals surface area (Å²) in [5.41, 5.74) is 7.64. The molecule has 2 atom stereocenters. The van der Waals surface area contributed by atoms with Gasteiger partial charge >= 0.3 is 0 Å². The summed E-state index contributed by atoms with van der Waals surface area (Å²) in [7, 11) is 0. The van der Waals surface area contributed by atoms with Crippen LogP contribution in [0.1, 0.15) is 38.3 Å². The SMILES string of the molecule is CC(C)CN1CCCC(N)C1c1ccc(Cl)cc1. The maximum absolute atomic E-state index is 6.34. The molecule has 2 unspecified atom stereocenters. The lowest BCUT2D eigenvalue weighted by Gasteiger charge is -2.41. The van der Waals surface area contributed by atoms with Gasteiger partial charge in [0.2, 0.25) is 0 Å². The van der Waals surface area contributed by atoms with Gasteiger partial charge in [0.25, 0.3) is 0 Å². The van der Waals surface area contributed by atoms with E-state index < -0.39 is 0 Å². The Morgan fingerprint density at radius 3 is 2.61 bits per heavy atom. The molecular weight excluding hydrogens is 244 g/mol. The van der Waals surface area contributed by atoms with Crippen molar-refractivity contribution >= 4 is 11.6 Å². The van der Waals surface area contributed by atoms with Gasteiger partial charge in [-0.25, -0.2) is 0 Å². The van der Waals surface area contributed by atoms with Gasteiger partial charge in [-0.15, -0.1) is 0 Å². The zero-order valence-corrected chi connectivity index (χ0v) is 12.0. The molecular formula is C15H23ClN2. The van der Waals surface area contributed by atoms with Gasteiger partial charge in [-0.2, -0.15) is 0 Å². The summed E-state index contributed by atoms with van der Waals surface area (Å²) in [6, 6.07) is 8.74. The molecule has 100 valence electrons. The average Bonchev–Trinajstić information content (AvgIpc) is 2.30. The lowest BCUT2D eigenvalue weighted by molar-refractivity contribution is 0.114. The zero-order valence-electron chi connectivity index (χ0n) is 11.3. The van der Waals surface area contributed by atoms with Crippen molar-refractivity contribution in [3.63, 3.8) is 0 Å². The summed E-state index contributed by atoms with van der Waals surface area (Å²) in [6.45, 7) is 6.79. The number of hydrogen-bond donors (Lipinski definition) is 1. The molecule has 18 heavy (non-hydrogen) atoms. The summed E-state index contributed by atoms with van der Waals surface area (Å²) >= 11 is 5.96. The highest BCUT2D eigenvalue weighted by Crippen LogP contribution is 2.31. The molecule has 1 aromatic rings. The fraction of sp³-hybridized carbons (Fsp3) is 0.600. The second kappa shape index (κ2) is 6.05. The molecule has 3 heteroatoms. The molecule has 0 aliphatic carbocycles. The minimum atomic E-state index is 0.235. The van der Waals surface area contributed by atoms with Crippen LogP contribution < -0.4 is 5.73 Å². The maximum atomic E-state index is 6.34. The first kappa shape index (κ1) is 13.9. The van der Waals surface area contributed by atoms with Crippen molar-refractivity contribution in [2.45, 2.75) is 38.8 Å². The van der Waals surface area contributed by atoms with Crippen molar-refractivity contribution in [2.75, 3.05) is 13.1 Å². The van der Waals surface area contributed by atoms with Crippen LogP contribution in [-0.2, 0) is 0 Å². The van der Waals surface area contributed by atoms with Crippen molar-refractivity contribution in [1.82, 2.24) is 4.90 Å². The summed E-state index contributed by atoms with van der Waals surface area (Å²) in [5, 5.41) is 0.790. The van der Waals surface area contributed by atoms with Gasteiger partial charge in [-0.05, 0) is 43.0 Å². The fourth-order valence-electron chi connectivity index (χ4n) is 2.89. The second-order valence-corrected chi connectivity index (χ2v) is 6.13. The third-order valence-corrected chi connectivity index (χ3v) is 3.84. The number of rotatable bonds is 3. The molecule has 0 saturated carbocycles. The zero-order chi connectivity index (χ0) is 13.1. The van der Waals surface area contributed by atoms with Crippen LogP contribution in [0.15, 0.2) is 24.3 Å². The highest BCUT2D eigenvalue weighted by atomic mass is 35.5. The molecule has 0 aromatic heterocycles. The van der Waals surface area contributed by atoms with Gasteiger partial charge in [-0.1, -0.05) is 37.6 Å². The Hall–Kier alpha value is -0.570. The third-order valence-electron chi connectivity index (χ3n) is 3.59. The van der Waals surface area contributed by atoms with E-state index in [-0.39, 0.29) is 6.04 Å². The second-order valence-electron chi connectivity index (χ2n) is 5.69. The molecule has 1 fully saturated rings. The van der Waals surface area contributed by atoms with Crippen LogP contribution in [0.2, 0.25) is 5.02 Å². The molecule has 0 spiro atoms.